The van der Waals surface area contributed by atoms with Crippen LogP contribution in [0.1, 0.15) is 38.5 Å². The Morgan fingerprint density at radius 1 is 1.40 bits per heavy atom. The van der Waals surface area contributed by atoms with Crippen molar-refractivity contribution in [1.82, 2.24) is 14.8 Å². The van der Waals surface area contributed by atoms with Crippen molar-refractivity contribution in [1.29, 1.82) is 0 Å². The van der Waals surface area contributed by atoms with E-state index < -0.39 is 12.0 Å². The standard InChI is InChI=1S/C10H17N3O2/c1-6(2)5-9-12-11-8(4)13(9)7(3)10(14)15/h6-7H,5H2,1-4H3,(H,14,15). The Balaban J connectivity index is 3.03. The van der Waals surface area contributed by atoms with E-state index in [-0.39, 0.29) is 0 Å². The average Bonchev–Trinajstić information content (AvgIpc) is 2.45. The number of hydrogen-bond donors (Lipinski definition) is 1. The molecule has 0 saturated heterocycles. The molecule has 1 heterocycles. The smallest absolute Gasteiger partial charge is 0.326 e. The number of aliphatic carboxylic acids is 1. The van der Waals surface area contributed by atoms with Crippen LogP contribution in [0.25, 0.3) is 0 Å². The van der Waals surface area contributed by atoms with E-state index in [0.29, 0.717) is 11.7 Å². The first-order valence-electron chi connectivity index (χ1n) is 5.06. The van der Waals surface area contributed by atoms with Gasteiger partial charge in [0.1, 0.15) is 17.7 Å². The summed E-state index contributed by atoms with van der Waals surface area (Å²) in [5, 5.41) is 16.9. The maximum absolute atomic E-state index is 10.9. The van der Waals surface area contributed by atoms with Gasteiger partial charge in [0.15, 0.2) is 0 Å². The molecular weight excluding hydrogens is 194 g/mol. The third-order valence-electron chi connectivity index (χ3n) is 2.27. The molecular formula is C10H17N3O2. The van der Waals surface area contributed by atoms with Gasteiger partial charge in [-0.2, -0.15) is 0 Å². The van der Waals surface area contributed by atoms with Gasteiger partial charge >= 0.3 is 5.97 Å². The highest BCUT2D eigenvalue weighted by Crippen LogP contribution is 2.14. The van der Waals surface area contributed by atoms with Gasteiger partial charge in [-0.25, -0.2) is 4.79 Å². The fraction of sp³-hybridized carbons (Fsp3) is 0.700. The minimum atomic E-state index is -0.858. The molecule has 0 aliphatic heterocycles. The number of rotatable bonds is 4. The summed E-state index contributed by atoms with van der Waals surface area (Å²) in [6.45, 7) is 7.55. The summed E-state index contributed by atoms with van der Waals surface area (Å²) in [7, 11) is 0. The Hall–Kier alpha value is -1.39. The van der Waals surface area contributed by atoms with Crippen LogP contribution in [0.5, 0.6) is 0 Å². The Kier molecular flexibility index (Phi) is 3.44. The van der Waals surface area contributed by atoms with Gasteiger partial charge in [-0.1, -0.05) is 13.8 Å². The number of carboxylic acid groups (broad SMARTS) is 1. The van der Waals surface area contributed by atoms with Crippen LogP contribution in [0.15, 0.2) is 0 Å². The molecule has 1 aromatic heterocycles. The molecule has 1 aromatic rings. The minimum absolute atomic E-state index is 0.438. The van der Waals surface area contributed by atoms with Crippen molar-refractivity contribution in [2.75, 3.05) is 0 Å². The molecule has 0 aliphatic carbocycles. The molecule has 0 fully saturated rings. The van der Waals surface area contributed by atoms with E-state index >= 15 is 0 Å². The summed E-state index contributed by atoms with van der Waals surface area (Å²) in [6.07, 6.45) is 0.748. The highest BCUT2D eigenvalue weighted by Gasteiger charge is 2.20. The van der Waals surface area contributed by atoms with E-state index in [1.807, 2.05) is 0 Å². The van der Waals surface area contributed by atoms with Crippen LogP contribution in [0.2, 0.25) is 0 Å². The van der Waals surface area contributed by atoms with Crippen molar-refractivity contribution in [2.24, 2.45) is 5.92 Å². The summed E-state index contributed by atoms with van der Waals surface area (Å²) in [5.74, 6) is 0.981. The van der Waals surface area contributed by atoms with Crippen LogP contribution in [0.4, 0.5) is 0 Å². The van der Waals surface area contributed by atoms with Crippen molar-refractivity contribution in [3.63, 3.8) is 0 Å². The van der Waals surface area contributed by atoms with Crippen LogP contribution in [0, 0.1) is 12.8 Å². The van der Waals surface area contributed by atoms with Crippen molar-refractivity contribution in [3.8, 4) is 0 Å². The molecule has 1 rings (SSSR count). The first kappa shape index (κ1) is 11.7. The Labute approximate surface area is 89.1 Å². The number of aromatic nitrogens is 3. The van der Waals surface area contributed by atoms with Crippen LogP contribution in [0.3, 0.4) is 0 Å². The topological polar surface area (TPSA) is 68.0 Å². The van der Waals surface area contributed by atoms with Crippen LogP contribution >= 0.6 is 0 Å². The van der Waals surface area contributed by atoms with Crippen LogP contribution < -0.4 is 0 Å². The lowest BCUT2D eigenvalue weighted by Crippen LogP contribution is -2.20. The first-order chi connectivity index (χ1) is 6.93. The Morgan fingerprint density at radius 3 is 2.47 bits per heavy atom. The minimum Gasteiger partial charge on any atom is -0.480 e. The third kappa shape index (κ3) is 2.55. The molecule has 0 saturated carbocycles. The van der Waals surface area contributed by atoms with Crippen LogP contribution in [-0.2, 0) is 11.2 Å². The second-order valence-corrected chi connectivity index (χ2v) is 4.15. The highest BCUT2D eigenvalue weighted by molar-refractivity contribution is 5.71. The molecule has 0 spiro atoms. The van der Waals surface area contributed by atoms with Crippen LogP contribution in [-0.4, -0.2) is 25.8 Å². The van der Waals surface area contributed by atoms with E-state index in [9.17, 15) is 4.79 Å². The molecule has 84 valence electrons. The molecule has 5 heteroatoms. The predicted octanol–water partition coefficient (Wildman–Crippen LogP) is 1.43. The lowest BCUT2D eigenvalue weighted by atomic mass is 10.1. The second kappa shape index (κ2) is 4.42. The van der Waals surface area contributed by atoms with Crippen molar-refractivity contribution >= 4 is 5.97 Å². The highest BCUT2D eigenvalue weighted by atomic mass is 16.4. The lowest BCUT2D eigenvalue weighted by molar-refractivity contribution is -0.140. The van der Waals surface area contributed by atoms with Gasteiger partial charge in [-0.3, -0.25) is 0 Å². The summed E-state index contributed by atoms with van der Waals surface area (Å²) >= 11 is 0. The fourth-order valence-corrected chi connectivity index (χ4v) is 1.53. The molecule has 0 aliphatic rings. The lowest BCUT2D eigenvalue weighted by Gasteiger charge is -2.13. The van der Waals surface area contributed by atoms with E-state index in [1.54, 1.807) is 18.4 Å². The van der Waals surface area contributed by atoms with Gasteiger partial charge in [0.2, 0.25) is 0 Å². The van der Waals surface area contributed by atoms with E-state index in [4.69, 9.17) is 5.11 Å². The molecule has 15 heavy (non-hydrogen) atoms. The quantitative estimate of drug-likeness (QED) is 0.818. The largest absolute Gasteiger partial charge is 0.480 e. The summed E-state index contributed by atoms with van der Waals surface area (Å²) in [4.78, 5) is 10.9. The van der Waals surface area contributed by atoms with E-state index in [1.165, 1.54) is 0 Å². The normalized spacial score (nSPS) is 13.1. The molecule has 0 bridgehead atoms. The Bertz CT molecular complexity index is 358. The maximum Gasteiger partial charge on any atom is 0.326 e. The van der Waals surface area contributed by atoms with Crippen molar-refractivity contribution in [2.45, 2.75) is 40.2 Å². The zero-order valence-electron chi connectivity index (χ0n) is 9.56. The zero-order chi connectivity index (χ0) is 11.6. The van der Waals surface area contributed by atoms with Gasteiger partial charge in [0.05, 0.1) is 0 Å². The fourth-order valence-electron chi connectivity index (χ4n) is 1.53. The third-order valence-corrected chi connectivity index (χ3v) is 2.27. The zero-order valence-corrected chi connectivity index (χ0v) is 9.56. The monoisotopic (exact) mass is 211 g/mol. The summed E-state index contributed by atoms with van der Waals surface area (Å²) in [6, 6.07) is -0.603. The molecule has 1 atom stereocenters. The number of aryl methyl sites for hydroxylation is 1. The SMILES string of the molecule is Cc1nnc(CC(C)C)n1C(C)C(=O)O. The number of carbonyl (C=O) groups is 1. The summed E-state index contributed by atoms with van der Waals surface area (Å²) < 4.78 is 1.68. The van der Waals surface area contributed by atoms with E-state index in [0.717, 1.165) is 12.2 Å². The number of carboxylic acids is 1. The Morgan fingerprint density at radius 2 is 2.00 bits per heavy atom. The van der Waals surface area contributed by atoms with Crippen molar-refractivity contribution < 1.29 is 9.90 Å². The first-order valence-corrected chi connectivity index (χ1v) is 5.06. The molecule has 5 nitrogen and oxygen atoms in total. The predicted molar refractivity (Wildman–Crippen MR) is 55.6 cm³/mol. The molecule has 0 amide bonds. The van der Waals surface area contributed by atoms with Gasteiger partial charge < -0.3 is 9.67 Å². The van der Waals surface area contributed by atoms with Gasteiger partial charge in [-0.15, -0.1) is 10.2 Å². The van der Waals surface area contributed by atoms with Gasteiger partial charge in [0, 0.05) is 6.42 Å². The number of nitrogens with zero attached hydrogens (tertiary/aromatic N) is 3. The van der Waals surface area contributed by atoms with E-state index in [2.05, 4.69) is 24.0 Å². The maximum atomic E-state index is 10.9. The van der Waals surface area contributed by atoms with Gasteiger partial charge in [-0.05, 0) is 19.8 Å². The van der Waals surface area contributed by atoms with Crippen molar-refractivity contribution in [3.05, 3.63) is 11.6 Å². The molecule has 0 aromatic carbocycles. The molecule has 1 unspecified atom stereocenters. The average molecular weight is 211 g/mol. The number of hydrogen-bond acceptors (Lipinski definition) is 3. The summed E-state index contributed by atoms with van der Waals surface area (Å²) in [5.41, 5.74) is 0. The van der Waals surface area contributed by atoms with Gasteiger partial charge in [0.25, 0.3) is 0 Å². The second-order valence-electron chi connectivity index (χ2n) is 4.15. The molecule has 1 N–H and O–H groups in total. The molecule has 0 radical (unpaired) electrons.